The minimum atomic E-state index is -1.07. The summed E-state index contributed by atoms with van der Waals surface area (Å²) < 4.78 is 10.7. The molecule has 0 bridgehead atoms. The Balaban J connectivity index is 1.80. The largest absolute Gasteiger partial charge is 0.493 e. The lowest BCUT2D eigenvalue weighted by Crippen LogP contribution is -2.23. The second-order valence-electron chi connectivity index (χ2n) is 6.33. The van der Waals surface area contributed by atoms with Gasteiger partial charge in [0.05, 0.1) is 17.7 Å². The minimum absolute atomic E-state index is 0.236. The topological polar surface area (TPSA) is 97.2 Å². The summed E-state index contributed by atoms with van der Waals surface area (Å²) >= 11 is 1.25. The Kier molecular flexibility index (Phi) is 6.23. The molecule has 2 N–H and O–H groups in total. The number of thioether (sulfide) groups is 1. The standard InChI is InChI=1S/C21H20N2O5S/c1-12-5-4-6-15(9-12)22-21-23-19(24)18(29-21)11-14-7-8-16(17(10-14)27-3)28-13(2)20(25)26/h4-11,13H,1-3H3,(H,25,26)(H,22,23,24)/b18-11+/t13-/m1/s1. The fourth-order valence-corrected chi connectivity index (χ4v) is 3.40. The highest BCUT2D eigenvalue weighted by molar-refractivity contribution is 8.18. The number of hydrogen-bond donors (Lipinski definition) is 2. The van der Waals surface area contributed by atoms with Crippen molar-refractivity contribution in [3.8, 4) is 11.5 Å². The molecule has 1 heterocycles. The maximum atomic E-state index is 12.3. The zero-order valence-electron chi connectivity index (χ0n) is 16.1. The second kappa shape index (κ2) is 8.83. The number of hydrogen-bond acceptors (Lipinski definition) is 6. The second-order valence-corrected chi connectivity index (χ2v) is 7.36. The number of benzene rings is 2. The Hall–Kier alpha value is -3.26. The van der Waals surface area contributed by atoms with Crippen LogP contribution in [0.5, 0.6) is 11.5 Å². The average molecular weight is 412 g/mol. The molecule has 0 spiro atoms. The van der Waals surface area contributed by atoms with E-state index in [4.69, 9.17) is 14.6 Å². The van der Waals surface area contributed by atoms with Crippen LogP contribution in [-0.4, -0.2) is 35.4 Å². The smallest absolute Gasteiger partial charge is 0.344 e. The Bertz CT molecular complexity index is 1020. The van der Waals surface area contributed by atoms with Gasteiger partial charge in [0.25, 0.3) is 5.91 Å². The average Bonchev–Trinajstić information content (AvgIpc) is 3.01. The molecule has 1 amide bonds. The van der Waals surface area contributed by atoms with Gasteiger partial charge in [-0.2, -0.15) is 0 Å². The molecule has 29 heavy (non-hydrogen) atoms. The van der Waals surface area contributed by atoms with Crippen LogP contribution in [0.4, 0.5) is 5.69 Å². The van der Waals surface area contributed by atoms with Crippen LogP contribution in [0.2, 0.25) is 0 Å². The van der Waals surface area contributed by atoms with Crippen molar-refractivity contribution < 1.29 is 24.2 Å². The van der Waals surface area contributed by atoms with Crippen LogP contribution in [0.15, 0.2) is 52.4 Å². The van der Waals surface area contributed by atoms with Crippen molar-refractivity contribution in [2.45, 2.75) is 20.0 Å². The zero-order chi connectivity index (χ0) is 21.0. The fraction of sp³-hybridized carbons (Fsp3) is 0.190. The summed E-state index contributed by atoms with van der Waals surface area (Å²) in [6, 6.07) is 12.7. The Morgan fingerprint density at radius 1 is 1.24 bits per heavy atom. The van der Waals surface area contributed by atoms with Crippen molar-refractivity contribution in [3.63, 3.8) is 0 Å². The monoisotopic (exact) mass is 412 g/mol. The first-order chi connectivity index (χ1) is 13.9. The number of carboxylic acid groups (broad SMARTS) is 1. The van der Waals surface area contributed by atoms with E-state index in [1.165, 1.54) is 25.8 Å². The maximum Gasteiger partial charge on any atom is 0.344 e. The van der Waals surface area contributed by atoms with Gasteiger partial charge in [-0.25, -0.2) is 9.79 Å². The number of carbonyl (C=O) groups excluding carboxylic acids is 1. The highest BCUT2D eigenvalue weighted by atomic mass is 32.2. The van der Waals surface area contributed by atoms with Crippen LogP contribution in [0.1, 0.15) is 18.1 Å². The number of carbonyl (C=O) groups is 2. The number of nitrogens with one attached hydrogen (secondary N) is 1. The van der Waals surface area contributed by atoms with Crippen molar-refractivity contribution in [1.82, 2.24) is 5.32 Å². The van der Waals surface area contributed by atoms with E-state index in [2.05, 4.69) is 10.3 Å². The fourth-order valence-electron chi connectivity index (χ4n) is 2.56. The lowest BCUT2D eigenvalue weighted by Gasteiger charge is -2.14. The number of methoxy groups -OCH3 is 1. The highest BCUT2D eigenvalue weighted by Crippen LogP contribution is 2.32. The van der Waals surface area contributed by atoms with Crippen molar-refractivity contribution >= 4 is 40.6 Å². The van der Waals surface area contributed by atoms with Crippen molar-refractivity contribution in [1.29, 1.82) is 0 Å². The third-order valence-electron chi connectivity index (χ3n) is 4.02. The number of carboxylic acids is 1. The van der Waals surface area contributed by atoms with E-state index in [0.717, 1.165) is 11.3 Å². The molecule has 2 aromatic carbocycles. The molecular weight excluding hydrogens is 392 g/mol. The lowest BCUT2D eigenvalue weighted by molar-refractivity contribution is -0.144. The summed E-state index contributed by atoms with van der Waals surface area (Å²) in [5.41, 5.74) is 2.57. The summed E-state index contributed by atoms with van der Waals surface area (Å²) in [6.07, 6.45) is 0.704. The van der Waals surface area contributed by atoms with Gasteiger partial charge < -0.3 is 19.9 Å². The van der Waals surface area contributed by atoms with Crippen molar-refractivity contribution in [2.24, 2.45) is 4.99 Å². The summed E-state index contributed by atoms with van der Waals surface area (Å²) in [6.45, 7) is 3.42. The first kappa shape index (κ1) is 20.5. The van der Waals surface area contributed by atoms with Gasteiger partial charge in [0.2, 0.25) is 0 Å². The maximum absolute atomic E-state index is 12.3. The molecular formula is C21H20N2O5S. The van der Waals surface area contributed by atoms with Gasteiger partial charge in [-0.15, -0.1) is 0 Å². The van der Waals surface area contributed by atoms with E-state index in [1.54, 1.807) is 24.3 Å². The summed E-state index contributed by atoms with van der Waals surface area (Å²) in [7, 11) is 1.47. The van der Waals surface area contributed by atoms with Gasteiger partial charge in [-0.3, -0.25) is 4.79 Å². The molecule has 2 aromatic rings. The summed E-state index contributed by atoms with van der Waals surface area (Å²) in [5, 5.41) is 12.3. The normalized spacial score (nSPS) is 17.3. The lowest BCUT2D eigenvalue weighted by atomic mass is 10.2. The third kappa shape index (κ3) is 5.17. The number of rotatable bonds is 6. The minimum Gasteiger partial charge on any atom is -0.493 e. The molecule has 1 atom stereocenters. The number of aliphatic carboxylic acids is 1. The molecule has 150 valence electrons. The number of ether oxygens (including phenoxy) is 2. The van der Waals surface area contributed by atoms with Gasteiger partial charge in [-0.05, 0) is 67.1 Å². The number of amidine groups is 1. The molecule has 0 aliphatic carbocycles. The Labute approximate surface area is 172 Å². The molecule has 0 saturated carbocycles. The number of amides is 1. The molecule has 8 heteroatoms. The Morgan fingerprint density at radius 2 is 2.03 bits per heavy atom. The summed E-state index contributed by atoms with van der Waals surface area (Å²) in [5.74, 6) is -0.614. The van der Waals surface area contributed by atoms with Crippen LogP contribution >= 0.6 is 11.8 Å². The van der Waals surface area contributed by atoms with Gasteiger partial charge in [0.15, 0.2) is 22.8 Å². The van der Waals surface area contributed by atoms with Crippen LogP contribution in [0.3, 0.4) is 0 Å². The first-order valence-electron chi connectivity index (χ1n) is 8.79. The molecule has 0 radical (unpaired) electrons. The molecule has 1 saturated heterocycles. The van der Waals surface area contributed by atoms with Crippen LogP contribution in [0.25, 0.3) is 6.08 Å². The molecule has 3 rings (SSSR count). The van der Waals surface area contributed by atoms with Crippen molar-refractivity contribution in [2.75, 3.05) is 7.11 Å². The van der Waals surface area contributed by atoms with E-state index in [1.807, 2.05) is 31.2 Å². The molecule has 1 aliphatic rings. The van der Waals surface area contributed by atoms with E-state index >= 15 is 0 Å². The number of nitrogens with zero attached hydrogens (tertiary/aromatic N) is 1. The van der Waals surface area contributed by atoms with Gasteiger partial charge in [0.1, 0.15) is 0 Å². The van der Waals surface area contributed by atoms with Crippen LogP contribution in [0, 0.1) is 6.92 Å². The predicted molar refractivity (Wildman–Crippen MR) is 113 cm³/mol. The molecule has 7 nitrogen and oxygen atoms in total. The number of aliphatic imine (C=N–C) groups is 1. The van der Waals surface area contributed by atoms with Gasteiger partial charge >= 0.3 is 5.97 Å². The Morgan fingerprint density at radius 3 is 2.72 bits per heavy atom. The molecule has 0 aromatic heterocycles. The molecule has 1 fully saturated rings. The van der Waals surface area contributed by atoms with Crippen molar-refractivity contribution in [3.05, 3.63) is 58.5 Å². The van der Waals surface area contributed by atoms with E-state index < -0.39 is 12.1 Å². The van der Waals surface area contributed by atoms with Crippen LogP contribution < -0.4 is 14.8 Å². The quantitative estimate of drug-likeness (QED) is 0.702. The van der Waals surface area contributed by atoms with E-state index in [-0.39, 0.29) is 5.91 Å². The molecule has 1 aliphatic heterocycles. The zero-order valence-corrected chi connectivity index (χ0v) is 16.9. The van der Waals surface area contributed by atoms with E-state index in [9.17, 15) is 9.59 Å². The number of aryl methyl sites for hydroxylation is 1. The first-order valence-corrected chi connectivity index (χ1v) is 9.61. The summed E-state index contributed by atoms with van der Waals surface area (Å²) in [4.78, 5) is 28.2. The highest BCUT2D eigenvalue weighted by Gasteiger charge is 2.24. The van der Waals surface area contributed by atoms with Gasteiger partial charge in [0, 0.05) is 0 Å². The SMILES string of the molecule is COc1cc(/C=C2/SC(=Nc3cccc(C)c3)NC2=O)ccc1O[C@H](C)C(=O)O. The third-order valence-corrected chi connectivity index (χ3v) is 4.93. The van der Waals surface area contributed by atoms with E-state index in [0.29, 0.717) is 27.1 Å². The predicted octanol–water partition coefficient (Wildman–Crippen LogP) is 3.75. The van der Waals surface area contributed by atoms with Gasteiger partial charge in [-0.1, -0.05) is 18.2 Å². The van der Waals surface area contributed by atoms with Crippen LogP contribution in [-0.2, 0) is 9.59 Å². The molecule has 0 unspecified atom stereocenters.